The first-order chi connectivity index (χ1) is 16.3. The van der Waals surface area contributed by atoms with Crippen molar-refractivity contribution in [3.63, 3.8) is 0 Å². The number of hydrogen-bond donors (Lipinski definition) is 3. The molecule has 0 aliphatic carbocycles. The Hall–Kier alpha value is -3.42. The summed E-state index contributed by atoms with van der Waals surface area (Å²) in [6, 6.07) is 22.4. The first-order valence-electron chi connectivity index (χ1n) is 11.1. The number of fused-ring (bicyclic) bond motifs is 1. The SMILES string of the molecule is CCN1/C(=C\C=N)C(C)(Cc2ccccc2)c2cc(OC)ccc21.N=C(O)c1ccccc1F.[Co]. The van der Waals surface area contributed by atoms with Crippen molar-refractivity contribution in [2.45, 2.75) is 25.7 Å². The van der Waals surface area contributed by atoms with E-state index in [-0.39, 0.29) is 27.8 Å². The number of halogens is 1. The molecule has 0 saturated heterocycles. The van der Waals surface area contributed by atoms with Crippen LogP contribution in [-0.2, 0) is 28.6 Å². The van der Waals surface area contributed by atoms with E-state index in [1.807, 2.05) is 18.2 Å². The Labute approximate surface area is 216 Å². The van der Waals surface area contributed by atoms with Crippen molar-refractivity contribution in [1.29, 1.82) is 10.8 Å². The third-order valence-corrected chi connectivity index (χ3v) is 6.03. The van der Waals surface area contributed by atoms with Crippen LogP contribution in [0, 0.1) is 16.6 Å². The van der Waals surface area contributed by atoms with E-state index >= 15 is 0 Å². The first-order valence-corrected chi connectivity index (χ1v) is 11.1. The summed E-state index contributed by atoms with van der Waals surface area (Å²) in [6.07, 6.45) is 4.22. The Morgan fingerprint density at radius 1 is 1.09 bits per heavy atom. The molecule has 1 unspecified atom stereocenters. The van der Waals surface area contributed by atoms with E-state index < -0.39 is 11.7 Å². The predicted octanol–water partition coefficient (Wildman–Crippen LogP) is 6.28. The van der Waals surface area contributed by atoms with E-state index in [1.54, 1.807) is 13.2 Å². The molecule has 4 rings (SSSR count). The second kappa shape index (κ2) is 12.3. The Morgan fingerprint density at radius 2 is 1.74 bits per heavy atom. The molecule has 7 heteroatoms. The molecule has 0 fully saturated rings. The number of nitrogens with one attached hydrogen (secondary N) is 2. The summed E-state index contributed by atoms with van der Waals surface area (Å²) in [4.78, 5) is 2.31. The Morgan fingerprint density at radius 3 is 2.29 bits per heavy atom. The number of rotatable bonds is 6. The van der Waals surface area contributed by atoms with Crippen molar-refractivity contribution in [3.8, 4) is 5.75 Å². The minimum Gasteiger partial charge on any atom is -0.497 e. The number of anilines is 1. The molecular weight excluding hydrogens is 488 g/mol. The quantitative estimate of drug-likeness (QED) is 0.266. The Balaban J connectivity index is 0.000000332. The zero-order chi connectivity index (χ0) is 24.7. The fourth-order valence-electron chi connectivity index (χ4n) is 4.42. The smallest absolute Gasteiger partial charge is 0.213 e. The number of nitrogens with zero attached hydrogens (tertiary/aromatic N) is 1. The van der Waals surface area contributed by atoms with Crippen molar-refractivity contribution >= 4 is 17.8 Å². The number of benzene rings is 3. The van der Waals surface area contributed by atoms with Crippen LogP contribution in [0.25, 0.3) is 0 Å². The zero-order valence-electron chi connectivity index (χ0n) is 20.0. The predicted molar refractivity (Wildman–Crippen MR) is 136 cm³/mol. The monoisotopic (exact) mass is 518 g/mol. The van der Waals surface area contributed by atoms with Gasteiger partial charge in [0, 0.05) is 46.3 Å². The third kappa shape index (κ3) is 5.99. The summed E-state index contributed by atoms with van der Waals surface area (Å²) in [5, 5.41) is 22.9. The molecule has 1 aliphatic heterocycles. The zero-order valence-corrected chi connectivity index (χ0v) is 21.1. The van der Waals surface area contributed by atoms with E-state index in [2.05, 4.69) is 55.1 Å². The van der Waals surface area contributed by atoms with Gasteiger partial charge in [-0.25, -0.2) is 4.39 Å². The minimum absolute atomic E-state index is 0. The fourth-order valence-corrected chi connectivity index (χ4v) is 4.42. The number of methoxy groups -OCH3 is 1. The van der Waals surface area contributed by atoms with Crippen molar-refractivity contribution in [2.24, 2.45) is 0 Å². The van der Waals surface area contributed by atoms with Gasteiger partial charge in [-0.3, -0.25) is 5.41 Å². The van der Waals surface area contributed by atoms with Crippen molar-refractivity contribution in [3.05, 3.63) is 107 Å². The van der Waals surface area contributed by atoms with Gasteiger partial charge in [0.05, 0.1) is 12.7 Å². The molecule has 0 aromatic heterocycles. The van der Waals surface area contributed by atoms with E-state index in [0.29, 0.717) is 0 Å². The van der Waals surface area contributed by atoms with E-state index in [9.17, 15) is 4.39 Å². The first kappa shape index (κ1) is 27.8. The maximum absolute atomic E-state index is 12.5. The third-order valence-electron chi connectivity index (χ3n) is 6.03. The number of aliphatic hydroxyl groups excluding tert-OH is 1. The van der Waals surface area contributed by atoms with Crippen LogP contribution in [0.2, 0.25) is 0 Å². The maximum atomic E-state index is 12.5. The molecule has 1 atom stereocenters. The molecule has 1 heterocycles. The second-order valence-electron chi connectivity index (χ2n) is 8.17. The summed E-state index contributed by atoms with van der Waals surface area (Å²) >= 11 is 0. The summed E-state index contributed by atoms with van der Waals surface area (Å²) in [7, 11) is 1.71. The second-order valence-corrected chi connectivity index (χ2v) is 8.17. The van der Waals surface area contributed by atoms with E-state index in [4.69, 9.17) is 20.7 Å². The Kier molecular flexibility index (Phi) is 9.80. The van der Waals surface area contributed by atoms with Gasteiger partial charge in [0.25, 0.3) is 0 Å². The van der Waals surface area contributed by atoms with Crippen LogP contribution >= 0.6 is 0 Å². The number of ether oxygens (including phenoxy) is 1. The molecule has 0 saturated carbocycles. The summed E-state index contributed by atoms with van der Waals surface area (Å²) < 4.78 is 18.0. The molecule has 0 spiro atoms. The molecule has 1 aliphatic rings. The average Bonchev–Trinajstić information content (AvgIpc) is 3.07. The number of hydrogen-bond acceptors (Lipinski definition) is 4. The normalized spacial score (nSPS) is 17.0. The fraction of sp³-hybridized carbons (Fsp3) is 0.214. The molecule has 0 amide bonds. The molecule has 3 aromatic rings. The maximum Gasteiger partial charge on any atom is 0.213 e. The number of allylic oxidation sites excluding steroid dienone is 2. The van der Waals surface area contributed by atoms with Crippen molar-refractivity contribution in [1.82, 2.24) is 0 Å². The van der Waals surface area contributed by atoms with Gasteiger partial charge >= 0.3 is 0 Å². The molecule has 1 radical (unpaired) electrons. The molecule has 0 bridgehead atoms. The van der Waals surface area contributed by atoms with Crippen LogP contribution in [0.15, 0.2) is 84.6 Å². The van der Waals surface area contributed by atoms with Gasteiger partial charge in [0.1, 0.15) is 11.6 Å². The average molecular weight is 518 g/mol. The standard InChI is InChI=1S/C21H24N2O.C7H6FNO.Co/c1-4-23-19-11-10-17(24-3)14-18(19)21(2,20(23)12-13-22)15-16-8-6-5-7-9-16;8-6-4-2-1-3-5(6)7(9)10;/h5-14,22H,4,15H2,1-3H3;1-4H,(H2,9,10);/b20-12-,22-13?;;. The van der Waals surface area contributed by atoms with Crippen LogP contribution in [0.5, 0.6) is 5.75 Å². The largest absolute Gasteiger partial charge is 0.497 e. The number of likely N-dealkylation sites (N-methyl/N-ethyl adjacent to an activating group) is 1. The molecule has 5 nitrogen and oxygen atoms in total. The van der Waals surface area contributed by atoms with Crippen LogP contribution < -0.4 is 9.64 Å². The summed E-state index contributed by atoms with van der Waals surface area (Å²) in [5.74, 6) is -0.437. The van der Waals surface area contributed by atoms with Gasteiger partial charge < -0.3 is 20.2 Å². The summed E-state index contributed by atoms with van der Waals surface area (Å²) in [5.41, 5.74) is 4.70. The van der Waals surface area contributed by atoms with E-state index in [0.717, 1.165) is 18.7 Å². The van der Waals surface area contributed by atoms with Gasteiger partial charge in [-0.05, 0) is 67.8 Å². The van der Waals surface area contributed by atoms with Crippen LogP contribution in [0.4, 0.5) is 10.1 Å². The van der Waals surface area contributed by atoms with Crippen LogP contribution in [0.3, 0.4) is 0 Å². The molecular formula is C28H30CoFN3O2. The van der Waals surface area contributed by atoms with Gasteiger partial charge in [0.15, 0.2) is 0 Å². The minimum atomic E-state index is -0.738. The topological polar surface area (TPSA) is 80.4 Å². The van der Waals surface area contributed by atoms with Crippen LogP contribution in [-0.4, -0.2) is 30.9 Å². The van der Waals surface area contributed by atoms with Crippen molar-refractivity contribution in [2.75, 3.05) is 18.6 Å². The molecule has 35 heavy (non-hydrogen) atoms. The van der Waals surface area contributed by atoms with Gasteiger partial charge in [-0.1, -0.05) is 42.5 Å². The summed E-state index contributed by atoms with van der Waals surface area (Å²) in [6.45, 7) is 5.30. The van der Waals surface area contributed by atoms with Crippen LogP contribution in [0.1, 0.15) is 30.5 Å². The van der Waals surface area contributed by atoms with E-state index in [1.165, 1.54) is 46.9 Å². The molecule has 185 valence electrons. The van der Waals surface area contributed by atoms with Gasteiger partial charge in [-0.2, -0.15) is 0 Å². The molecule has 3 aromatic carbocycles. The van der Waals surface area contributed by atoms with Gasteiger partial charge in [-0.15, -0.1) is 0 Å². The van der Waals surface area contributed by atoms with Crippen molar-refractivity contribution < 1.29 is 31.0 Å². The Bertz CT molecular complexity index is 1200. The van der Waals surface area contributed by atoms with Gasteiger partial charge in [0.2, 0.25) is 5.90 Å². The molecule has 3 N–H and O–H groups in total. The number of aliphatic hydroxyl groups is 1.